The fourth-order valence-electron chi connectivity index (χ4n) is 1.55. The zero-order valence-electron chi connectivity index (χ0n) is 10.5. The third-order valence-electron chi connectivity index (χ3n) is 2.94. The molecule has 4 N–H and O–H groups in total. The van der Waals surface area contributed by atoms with Gasteiger partial charge in [-0.25, -0.2) is 0 Å². The second-order valence-electron chi connectivity index (χ2n) is 4.67. The molecule has 2 rings (SSSR count). The average molecular weight is 228 g/mol. The first-order valence-corrected chi connectivity index (χ1v) is 6.71. The molecule has 96 valence electrons. The lowest BCUT2D eigenvalue weighted by Crippen LogP contribution is -2.04. The van der Waals surface area contributed by atoms with Crippen LogP contribution in [0, 0.1) is 0 Å². The van der Waals surface area contributed by atoms with Crippen molar-refractivity contribution in [3.8, 4) is 0 Å². The number of hydrogen-bond acceptors (Lipinski definition) is 4. The molecule has 2 heterocycles. The molecule has 2 saturated heterocycles. The second-order valence-corrected chi connectivity index (χ2v) is 4.67. The van der Waals surface area contributed by atoms with E-state index < -0.39 is 0 Å². The Hall–Kier alpha value is -0.160. The van der Waals surface area contributed by atoms with Crippen molar-refractivity contribution < 1.29 is 0 Å². The first kappa shape index (κ1) is 13.9. The molecule has 0 aliphatic carbocycles. The molecular formula is C12H28N4. The summed E-state index contributed by atoms with van der Waals surface area (Å²) in [7, 11) is 0. The van der Waals surface area contributed by atoms with Crippen molar-refractivity contribution in [3.63, 3.8) is 0 Å². The summed E-state index contributed by atoms with van der Waals surface area (Å²) >= 11 is 0. The van der Waals surface area contributed by atoms with Gasteiger partial charge in [0.2, 0.25) is 0 Å². The Kier molecular flexibility index (Phi) is 7.76. The van der Waals surface area contributed by atoms with E-state index in [0.29, 0.717) is 0 Å². The Morgan fingerprint density at radius 3 is 1.25 bits per heavy atom. The molecule has 0 bridgehead atoms. The molecule has 0 atom stereocenters. The van der Waals surface area contributed by atoms with Crippen LogP contribution in [0.15, 0.2) is 0 Å². The Labute approximate surface area is 99.9 Å². The van der Waals surface area contributed by atoms with Crippen molar-refractivity contribution in [2.75, 3.05) is 52.4 Å². The minimum absolute atomic E-state index is 0.855. The molecule has 0 aromatic rings. The van der Waals surface area contributed by atoms with Gasteiger partial charge in [-0.15, -0.1) is 0 Å². The fraction of sp³-hybridized carbons (Fsp3) is 1.00. The minimum Gasteiger partial charge on any atom is -0.330 e. The summed E-state index contributed by atoms with van der Waals surface area (Å²) in [6, 6.07) is 0. The van der Waals surface area contributed by atoms with Crippen molar-refractivity contribution in [2.24, 2.45) is 11.5 Å². The summed E-state index contributed by atoms with van der Waals surface area (Å²) in [6.07, 6.45) is 4.96. The Morgan fingerprint density at radius 2 is 1.00 bits per heavy atom. The molecule has 0 saturated carbocycles. The van der Waals surface area contributed by atoms with Crippen LogP contribution in [0.5, 0.6) is 0 Å². The molecule has 0 spiro atoms. The third-order valence-corrected chi connectivity index (χ3v) is 2.94. The van der Waals surface area contributed by atoms with Crippen molar-refractivity contribution >= 4 is 0 Å². The van der Waals surface area contributed by atoms with Crippen molar-refractivity contribution in [1.82, 2.24) is 9.80 Å². The van der Waals surface area contributed by atoms with E-state index in [1.54, 1.807) is 0 Å². The van der Waals surface area contributed by atoms with E-state index in [2.05, 4.69) is 9.80 Å². The number of hydrogen-bond donors (Lipinski definition) is 2. The lowest BCUT2D eigenvalue weighted by molar-refractivity contribution is 0.523. The normalized spacial score (nSPS) is 19.1. The van der Waals surface area contributed by atoms with Crippen LogP contribution in [-0.2, 0) is 0 Å². The molecule has 0 aromatic heterocycles. The maximum absolute atomic E-state index is 5.32. The lowest BCUT2D eigenvalue weighted by Gasteiger charge is -1.96. The lowest BCUT2D eigenvalue weighted by atomic mass is 10.3. The maximum Gasteiger partial charge on any atom is 0.0110 e. The highest BCUT2D eigenvalue weighted by atomic mass is 15.3. The third kappa shape index (κ3) is 9.09. The Morgan fingerprint density at radius 1 is 0.625 bits per heavy atom. The van der Waals surface area contributed by atoms with Gasteiger partial charge in [-0.3, -0.25) is 0 Å². The first-order valence-electron chi connectivity index (χ1n) is 6.71. The fourth-order valence-corrected chi connectivity index (χ4v) is 1.55. The van der Waals surface area contributed by atoms with Crippen LogP contribution < -0.4 is 11.5 Å². The highest BCUT2D eigenvalue weighted by Gasteiger charge is 2.15. The van der Waals surface area contributed by atoms with E-state index in [9.17, 15) is 0 Å². The average Bonchev–Trinajstić information content (AvgIpc) is 3.15. The van der Waals surface area contributed by atoms with Gasteiger partial charge in [0.05, 0.1) is 0 Å². The Balaban J connectivity index is 0.000000160. The van der Waals surface area contributed by atoms with Crippen LogP contribution in [0.25, 0.3) is 0 Å². The van der Waals surface area contributed by atoms with Gasteiger partial charge in [-0.1, -0.05) is 0 Å². The molecule has 16 heavy (non-hydrogen) atoms. The zero-order chi connectivity index (χ0) is 11.6. The Bertz CT molecular complexity index is 137. The maximum atomic E-state index is 5.32. The zero-order valence-corrected chi connectivity index (χ0v) is 10.5. The number of unbranched alkanes of at least 4 members (excludes halogenated alkanes) is 2. The van der Waals surface area contributed by atoms with Crippen LogP contribution in [0.1, 0.15) is 25.7 Å². The van der Waals surface area contributed by atoms with Crippen LogP contribution in [0.3, 0.4) is 0 Å². The van der Waals surface area contributed by atoms with Crippen molar-refractivity contribution in [3.05, 3.63) is 0 Å². The number of rotatable bonds is 8. The van der Waals surface area contributed by atoms with E-state index in [4.69, 9.17) is 11.5 Å². The predicted molar refractivity (Wildman–Crippen MR) is 69.5 cm³/mol. The molecule has 2 aliphatic rings. The van der Waals surface area contributed by atoms with Crippen LogP contribution in [0.2, 0.25) is 0 Å². The van der Waals surface area contributed by atoms with Gasteiger partial charge in [-0.05, 0) is 51.9 Å². The topological polar surface area (TPSA) is 58.1 Å². The summed E-state index contributed by atoms with van der Waals surface area (Å²) in [6.45, 7) is 9.56. The van der Waals surface area contributed by atoms with E-state index in [1.807, 2.05) is 0 Å². The van der Waals surface area contributed by atoms with Gasteiger partial charge >= 0.3 is 0 Å². The number of nitrogens with two attached hydrogens (primary N) is 2. The quantitative estimate of drug-likeness (QED) is 0.456. The summed E-state index contributed by atoms with van der Waals surface area (Å²) < 4.78 is 0. The van der Waals surface area contributed by atoms with Crippen LogP contribution >= 0.6 is 0 Å². The smallest absolute Gasteiger partial charge is 0.0110 e. The SMILES string of the molecule is NCCCCN1CC1.NCCCCN1CC1. The molecule has 0 aromatic carbocycles. The van der Waals surface area contributed by atoms with E-state index in [0.717, 1.165) is 13.1 Å². The summed E-state index contributed by atoms with van der Waals surface area (Å²) in [5.41, 5.74) is 10.6. The van der Waals surface area contributed by atoms with Gasteiger partial charge in [0, 0.05) is 26.2 Å². The van der Waals surface area contributed by atoms with Crippen molar-refractivity contribution in [2.45, 2.75) is 25.7 Å². The molecular weight excluding hydrogens is 200 g/mol. The van der Waals surface area contributed by atoms with E-state index in [-0.39, 0.29) is 0 Å². The molecule has 4 nitrogen and oxygen atoms in total. The van der Waals surface area contributed by atoms with Gasteiger partial charge in [-0.2, -0.15) is 0 Å². The van der Waals surface area contributed by atoms with Gasteiger partial charge in [0.25, 0.3) is 0 Å². The molecule has 0 amide bonds. The molecule has 0 radical (unpaired) electrons. The second kappa shape index (κ2) is 8.93. The minimum atomic E-state index is 0.855. The molecule has 4 heteroatoms. The van der Waals surface area contributed by atoms with E-state index >= 15 is 0 Å². The van der Waals surface area contributed by atoms with E-state index in [1.165, 1.54) is 65.0 Å². The highest BCUT2D eigenvalue weighted by molar-refractivity contribution is 4.71. The van der Waals surface area contributed by atoms with Crippen LogP contribution in [-0.4, -0.2) is 62.2 Å². The summed E-state index contributed by atoms with van der Waals surface area (Å²) in [5, 5.41) is 0. The monoisotopic (exact) mass is 228 g/mol. The van der Waals surface area contributed by atoms with Gasteiger partial charge < -0.3 is 21.3 Å². The standard InChI is InChI=1S/2C6H14N2/c2*7-3-1-2-4-8-5-6-8/h2*1-7H2. The van der Waals surface area contributed by atoms with Gasteiger partial charge in [0.15, 0.2) is 0 Å². The van der Waals surface area contributed by atoms with Crippen LogP contribution in [0.4, 0.5) is 0 Å². The summed E-state index contributed by atoms with van der Waals surface area (Å²) in [5.74, 6) is 0. The number of nitrogens with zero attached hydrogens (tertiary/aromatic N) is 2. The first-order chi connectivity index (χ1) is 7.86. The molecule has 2 aliphatic heterocycles. The highest BCUT2D eigenvalue weighted by Crippen LogP contribution is 2.04. The van der Waals surface area contributed by atoms with Gasteiger partial charge in [0.1, 0.15) is 0 Å². The predicted octanol–water partition coefficient (Wildman–Crippen LogP) is 0.0818. The molecule has 0 unspecified atom stereocenters. The van der Waals surface area contributed by atoms with Crippen molar-refractivity contribution in [1.29, 1.82) is 0 Å². The largest absolute Gasteiger partial charge is 0.330 e. The summed E-state index contributed by atoms with van der Waals surface area (Å²) in [4.78, 5) is 4.85. The molecule has 2 fully saturated rings.